The van der Waals surface area contributed by atoms with Gasteiger partial charge in [-0.2, -0.15) is 0 Å². The third-order valence-electron chi connectivity index (χ3n) is 4.56. The Bertz CT molecular complexity index is 663. The van der Waals surface area contributed by atoms with E-state index in [2.05, 4.69) is 6.92 Å². The lowest BCUT2D eigenvalue weighted by molar-refractivity contribution is -0.137. The molecule has 0 saturated carbocycles. The Kier molecular flexibility index (Phi) is 12.6. The van der Waals surface area contributed by atoms with Gasteiger partial charge in [0.2, 0.25) is 0 Å². The molecule has 28 heavy (non-hydrogen) atoms. The fourth-order valence-electron chi connectivity index (χ4n) is 3.23. The van der Waals surface area contributed by atoms with Crippen molar-refractivity contribution < 1.29 is 29.7 Å². The SMILES string of the molecule is CCCC(=O)O.CCCCCCc1c(CC)c(CC)cc(C(=O)O)c1C(=O)O. The number of benzene rings is 1. The van der Waals surface area contributed by atoms with E-state index in [1.807, 2.05) is 20.8 Å². The van der Waals surface area contributed by atoms with Gasteiger partial charge in [-0.05, 0) is 54.9 Å². The van der Waals surface area contributed by atoms with Gasteiger partial charge in [0.25, 0.3) is 0 Å². The summed E-state index contributed by atoms with van der Waals surface area (Å²) in [5.41, 5.74) is 2.60. The van der Waals surface area contributed by atoms with Gasteiger partial charge in [-0.15, -0.1) is 0 Å². The number of hydrogen-bond donors (Lipinski definition) is 3. The first-order chi connectivity index (χ1) is 13.2. The van der Waals surface area contributed by atoms with Gasteiger partial charge in [0.1, 0.15) is 0 Å². The second-order valence-corrected chi connectivity index (χ2v) is 6.69. The van der Waals surface area contributed by atoms with Crippen LogP contribution in [-0.2, 0) is 24.1 Å². The standard InChI is InChI=1S/C18H26O4.C4H8O2/c1-4-7-8-9-10-14-13(6-3)12(5-2)11-15(17(19)20)16(14)18(21)22;1-2-3-4(5)6/h11H,4-10H2,1-3H3,(H,19,20)(H,21,22);2-3H2,1H3,(H,5,6). The van der Waals surface area contributed by atoms with E-state index < -0.39 is 17.9 Å². The van der Waals surface area contributed by atoms with E-state index in [9.17, 15) is 24.6 Å². The van der Waals surface area contributed by atoms with Crippen LogP contribution in [0.4, 0.5) is 0 Å². The number of aryl methyl sites for hydroxylation is 1. The highest BCUT2D eigenvalue weighted by Gasteiger charge is 2.24. The number of carboxylic acid groups (broad SMARTS) is 3. The molecule has 0 fully saturated rings. The molecule has 0 aromatic heterocycles. The Balaban J connectivity index is 0.00000105. The summed E-state index contributed by atoms with van der Waals surface area (Å²) in [6.45, 7) is 7.94. The van der Waals surface area contributed by atoms with Gasteiger partial charge in [0.15, 0.2) is 0 Å². The lowest BCUT2D eigenvalue weighted by Gasteiger charge is -2.18. The Morgan fingerprint density at radius 1 is 0.786 bits per heavy atom. The maximum absolute atomic E-state index is 11.6. The highest BCUT2D eigenvalue weighted by Crippen LogP contribution is 2.27. The molecule has 0 unspecified atom stereocenters. The third kappa shape index (κ3) is 8.11. The second kappa shape index (κ2) is 13.7. The fourth-order valence-corrected chi connectivity index (χ4v) is 3.23. The van der Waals surface area contributed by atoms with Crippen molar-refractivity contribution in [3.63, 3.8) is 0 Å². The number of aromatic carboxylic acids is 2. The van der Waals surface area contributed by atoms with E-state index in [4.69, 9.17) is 5.11 Å². The van der Waals surface area contributed by atoms with E-state index in [-0.39, 0.29) is 11.1 Å². The average Bonchev–Trinajstić information content (AvgIpc) is 2.63. The molecule has 3 N–H and O–H groups in total. The number of carboxylic acids is 3. The summed E-state index contributed by atoms with van der Waals surface area (Å²) in [5.74, 6) is -3.01. The number of aliphatic carboxylic acids is 1. The van der Waals surface area contributed by atoms with E-state index >= 15 is 0 Å². The molecular formula is C22H34O6. The van der Waals surface area contributed by atoms with Gasteiger partial charge in [-0.25, -0.2) is 9.59 Å². The van der Waals surface area contributed by atoms with Gasteiger partial charge in [-0.3, -0.25) is 4.79 Å². The molecular weight excluding hydrogens is 360 g/mol. The van der Waals surface area contributed by atoms with E-state index in [1.165, 1.54) is 0 Å². The predicted octanol–water partition coefficient (Wildman–Crippen LogP) is 5.20. The van der Waals surface area contributed by atoms with Crippen molar-refractivity contribution >= 4 is 17.9 Å². The van der Waals surface area contributed by atoms with Crippen LogP contribution in [0.25, 0.3) is 0 Å². The van der Waals surface area contributed by atoms with Crippen molar-refractivity contribution in [1.82, 2.24) is 0 Å². The molecule has 0 bridgehead atoms. The molecule has 1 aromatic rings. The van der Waals surface area contributed by atoms with Crippen LogP contribution in [0.5, 0.6) is 0 Å². The molecule has 0 radical (unpaired) electrons. The smallest absolute Gasteiger partial charge is 0.336 e. The van der Waals surface area contributed by atoms with Crippen molar-refractivity contribution in [2.75, 3.05) is 0 Å². The summed E-state index contributed by atoms with van der Waals surface area (Å²) in [5, 5.41) is 26.8. The largest absolute Gasteiger partial charge is 0.481 e. The minimum atomic E-state index is -1.16. The molecule has 0 aliphatic carbocycles. The molecule has 158 valence electrons. The molecule has 0 aliphatic heterocycles. The summed E-state index contributed by atoms with van der Waals surface area (Å²) >= 11 is 0. The molecule has 1 rings (SSSR count). The number of hydrogen-bond acceptors (Lipinski definition) is 3. The van der Waals surface area contributed by atoms with E-state index in [0.717, 1.165) is 55.2 Å². The number of carbonyl (C=O) groups is 3. The zero-order chi connectivity index (χ0) is 21.7. The molecule has 0 atom stereocenters. The van der Waals surface area contributed by atoms with Crippen molar-refractivity contribution in [2.24, 2.45) is 0 Å². The van der Waals surface area contributed by atoms with E-state index in [0.29, 0.717) is 19.3 Å². The van der Waals surface area contributed by atoms with Gasteiger partial charge in [0, 0.05) is 6.42 Å². The topological polar surface area (TPSA) is 112 Å². The van der Waals surface area contributed by atoms with E-state index in [1.54, 1.807) is 6.07 Å². The van der Waals surface area contributed by atoms with Crippen LogP contribution in [-0.4, -0.2) is 33.2 Å². The van der Waals surface area contributed by atoms with Crippen LogP contribution in [0, 0.1) is 0 Å². The fraction of sp³-hybridized carbons (Fsp3) is 0.591. The molecule has 0 aliphatic rings. The zero-order valence-electron chi connectivity index (χ0n) is 17.5. The number of rotatable bonds is 11. The Morgan fingerprint density at radius 2 is 1.43 bits per heavy atom. The first-order valence-electron chi connectivity index (χ1n) is 10.1. The lowest BCUT2D eigenvalue weighted by Crippen LogP contribution is -2.16. The maximum atomic E-state index is 11.6. The summed E-state index contributed by atoms with van der Waals surface area (Å²) in [6.07, 6.45) is 7.27. The summed E-state index contributed by atoms with van der Waals surface area (Å²) in [7, 11) is 0. The van der Waals surface area contributed by atoms with Crippen LogP contribution < -0.4 is 0 Å². The molecule has 6 heteroatoms. The Hall–Kier alpha value is -2.37. The van der Waals surface area contributed by atoms with Crippen LogP contribution in [0.2, 0.25) is 0 Å². The van der Waals surface area contributed by atoms with Crippen molar-refractivity contribution in [3.8, 4) is 0 Å². The normalized spacial score (nSPS) is 10.1. The summed E-state index contributed by atoms with van der Waals surface area (Å²) < 4.78 is 0. The minimum Gasteiger partial charge on any atom is -0.481 e. The van der Waals surface area contributed by atoms with Gasteiger partial charge in [0.05, 0.1) is 11.1 Å². The first-order valence-corrected chi connectivity index (χ1v) is 10.1. The third-order valence-corrected chi connectivity index (χ3v) is 4.56. The minimum absolute atomic E-state index is 0.0157. The van der Waals surface area contributed by atoms with Crippen LogP contribution in [0.3, 0.4) is 0 Å². The molecule has 0 saturated heterocycles. The zero-order valence-corrected chi connectivity index (χ0v) is 17.5. The monoisotopic (exact) mass is 394 g/mol. The Labute approximate surface area is 167 Å². The maximum Gasteiger partial charge on any atom is 0.336 e. The molecule has 6 nitrogen and oxygen atoms in total. The number of unbranched alkanes of at least 4 members (excludes halogenated alkanes) is 3. The van der Waals surface area contributed by atoms with Gasteiger partial charge >= 0.3 is 17.9 Å². The average molecular weight is 395 g/mol. The lowest BCUT2D eigenvalue weighted by atomic mass is 9.86. The first kappa shape index (κ1) is 25.6. The summed E-state index contributed by atoms with van der Waals surface area (Å²) in [6, 6.07) is 1.54. The van der Waals surface area contributed by atoms with Crippen LogP contribution in [0.15, 0.2) is 6.07 Å². The van der Waals surface area contributed by atoms with Crippen molar-refractivity contribution in [1.29, 1.82) is 0 Å². The van der Waals surface area contributed by atoms with Gasteiger partial charge < -0.3 is 15.3 Å². The predicted molar refractivity (Wildman–Crippen MR) is 110 cm³/mol. The highest BCUT2D eigenvalue weighted by atomic mass is 16.4. The van der Waals surface area contributed by atoms with Crippen molar-refractivity contribution in [3.05, 3.63) is 33.9 Å². The molecule has 0 heterocycles. The van der Waals surface area contributed by atoms with Crippen LogP contribution in [0.1, 0.15) is 104 Å². The van der Waals surface area contributed by atoms with Crippen molar-refractivity contribution in [2.45, 2.75) is 85.5 Å². The van der Waals surface area contributed by atoms with Gasteiger partial charge in [-0.1, -0.05) is 47.0 Å². The second-order valence-electron chi connectivity index (χ2n) is 6.69. The quantitative estimate of drug-likeness (QED) is 0.445. The Morgan fingerprint density at radius 3 is 1.79 bits per heavy atom. The highest BCUT2D eigenvalue weighted by molar-refractivity contribution is 6.03. The molecule has 0 amide bonds. The molecule has 0 spiro atoms. The van der Waals surface area contributed by atoms with Crippen LogP contribution >= 0.6 is 0 Å². The molecule has 1 aromatic carbocycles. The summed E-state index contributed by atoms with van der Waals surface area (Å²) in [4.78, 5) is 32.7.